The van der Waals surface area contributed by atoms with E-state index in [1.54, 1.807) is 35.6 Å². The molecule has 0 spiro atoms. The molecule has 0 fully saturated rings. The van der Waals surface area contributed by atoms with Gasteiger partial charge in [0.2, 0.25) is 0 Å². The van der Waals surface area contributed by atoms with Crippen molar-refractivity contribution in [3.8, 4) is 89.0 Å². The van der Waals surface area contributed by atoms with Crippen molar-refractivity contribution in [1.29, 1.82) is 0 Å². The molecule has 0 saturated carbocycles. The van der Waals surface area contributed by atoms with E-state index in [1.807, 2.05) is 82.2 Å². The van der Waals surface area contributed by atoms with Gasteiger partial charge in [-0.05, 0) is 235 Å². The van der Waals surface area contributed by atoms with Crippen LogP contribution in [0.3, 0.4) is 0 Å². The molecule has 0 radical (unpaired) electrons. The minimum atomic E-state index is -0.458. The van der Waals surface area contributed by atoms with E-state index in [-0.39, 0.29) is 35.3 Å². The fourth-order valence-electron chi connectivity index (χ4n) is 20.9. The minimum Gasteiger partial charge on any atom is -0.453 e. The molecular formula is C138H89N3O3S3. The molecule has 0 amide bonds. The highest BCUT2D eigenvalue weighted by Gasteiger charge is 2.28. The molecule has 6 aromatic heterocycles. The topological polar surface area (TPSA) is 49.1 Å². The maximum Gasteiger partial charge on any atom is 0.159 e. The van der Waals surface area contributed by atoms with Crippen LogP contribution in [-0.4, -0.2) is 0 Å². The van der Waals surface area contributed by atoms with Crippen LogP contribution in [0.25, 0.3) is 215 Å². The molecule has 0 atom stereocenters. The van der Waals surface area contributed by atoms with E-state index in [4.69, 9.17) is 27.0 Å². The lowest BCUT2D eigenvalue weighted by Gasteiger charge is -2.26. The molecule has 9 heteroatoms. The molecule has 0 aliphatic carbocycles. The van der Waals surface area contributed by atoms with Crippen molar-refractivity contribution in [2.24, 2.45) is 0 Å². The Morgan fingerprint density at radius 2 is 0.361 bits per heavy atom. The number of para-hydroxylation sites is 3. The van der Waals surface area contributed by atoms with Gasteiger partial charge in [0.25, 0.3) is 0 Å². The van der Waals surface area contributed by atoms with Crippen molar-refractivity contribution >= 4 is 212 Å². The van der Waals surface area contributed by atoms with Crippen LogP contribution in [0.5, 0.6) is 0 Å². The molecule has 0 unspecified atom stereocenters. The number of furan rings is 3. The van der Waals surface area contributed by atoms with Crippen molar-refractivity contribution in [3.63, 3.8) is 0 Å². The van der Waals surface area contributed by atoms with Crippen molar-refractivity contribution in [3.05, 3.63) is 540 Å². The zero-order chi connectivity index (χ0) is 106. The molecular weight excluding hydrogens is 1840 g/mol. The lowest BCUT2D eigenvalue weighted by Crippen LogP contribution is -2.10. The second-order valence-corrected chi connectivity index (χ2v) is 39.6. The van der Waals surface area contributed by atoms with Crippen molar-refractivity contribution < 1.29 is 27.0 Å². The number of hydrogen-bond donors (Lipinski definition) is 0. The number of hydrogen-bond acceptors (Lipinski definition) is 9. The molecule has 0 N–H and O–H groups in total. The molecule has 6 nitrogen and oxygen atoms in total. The van der Waals surface area contributed by atoms with E-state index >= 15 is 0 Å². The monoisotopic (exact) mass is 1940 g/mol. The van der Waals surface area contributed by atoms with E-state index < -0.39 is 36.3 Å². The first-order chi connectivity index (χ1) is 77.0. The predicted molar refractivity (Wildman–Crippen MR) is 627 cm³/mol. The maximum absolute atomic E-state index is 8.52. The van der Waals surface area contributed by atoms with E-state index in [1.165, 1.54) is 107 Å². The van der Waals surface area contributed by atoms with Gasteiger partial charge in [-0.25, -0.2) is 0 Å². The fourth-order valence-corrected chi connectivity index (χ4v) is 24.2. The molecule has 0 aliphatic rings. The van der Waals surface area contributed by atoms with Crippen LogP contribution in [0.4, 0.5) is 51.2 Å². The van der Waals surface area contributed by atoms with Gasteiger partial charge >= 0.3 is 0 Å². The van der Waals surface area contributed by atoms with Crippen LogP contribution in [0.1, 0.15) is 13.7 Å². The Kier molecular flexibility index (Phi) is 19.8. The summed E-state index contributed by atoms with van der Waals surface area (Å²) in [5.41, 5.74) is 28.8. The van der Waals surface area contributed by atoms with Gasteiger partial charge in [-0.3, -0.25) is 0 Å². The third kappa shape index (κ3) is 16.2. The van der Waals surface area contributed by atoms with Crippen molar-refractivity contribution in [2.45, 2.75) is 0 Å². The fraction of sp³-hybridized carbons (Fsp3) is 0. The Labute approximate surface area is 875 Å². The zero-order valence-corrected chi connectivity index (χ0v) is 81.4. The number of anilines is 9. The Morgan fingerprint density at radius 3 is 0.646 bits per heavy atom. The van der Waals surface area contributed by atoms with Gasteiger partial charge in [0.15, 0.2) is 16.7 Å². The van der Waals surface area contributed by atoms with E-state index in [0.29, 0.717) is 33.8 Å². The second kappa shape index (κ2) is 37.8. The third-order valence-corrected chi connectivity index (χ3v) is 31.3. The van der Waals surface area contributed by atoms with Crippen LogP contribution >= 0.6 is 34.0 Å². The molecule has 6 heterocycles. The molecule has 0 saturated heterocycles. The molecule has 29 aromatic rings. The van der Waals surface area contributed by atoms with Gasteiger partial charge in [-0.1, -0.05) is 394 Å². The summed E-state index contributed by atoms with van der Waals surface area (Å²) in [5.74, 6) is 0. The average Bonchev–Trinajstić information content (AvgIpc) is 1.58. The van der Waals surface area contributed by atoms with Crippen LogP contribution < -0.4 is 14.7 Å². The van der Waals surface area contributed by atoms with E-state index in [0.717, 1.165) is 115 Å². The smallest absolute Gasteiger partial charge is 0.159 e. The highest BCUT2D eigenvalue weighted by molar-refractivity contribution is 7.27. The summed E-state index contributed by atoms with van der Waals surface area (Å²) >= 11 is 5.34. The van der Waals surface area contributed by atoms with E-state index in [2.05, 4.69) is 410 Å². The van der Waals surface area contributed by atoms with Crippen LogP contribution in [0.15, 0.2) is 553 Å². The zero-order valence-electron chi connectivity index (χ0n) is 88.9. The first-order valence-corrected chi connectivity index (χ1v) is 51.3. The summed E-state index contributed by atoms with van der Waals surface area (Å²) < 4.78 is 111. The number of rotatable bonds is 17. The van der Waals surface area contributed by atoms with Crippen LogP contribution in [0.2, 0.25) is 0 Å². The second-order valence-electron chi connectivity index (χ2n) is 36.4. The highest BCUT2D eigenvalue weighted by Crippen LogP contribution is 2.53. The summed E-state index contributed by atoms with van der Waals surface area (Å²) in [6.45, 7) is 0. The first kappa shape index (κ1) is 77.2. The summed E-state index contributed by atoms with van der Waals surface area (Å²) in [6.07, 6.45) is 0. The summed E-state index contributed by atoms with van der Waals surface area (Å²) in [6, 6.07) is 163. The van der Waals surface area contributed by atoms with Gasteiger partial charge < -0.3 is 28.0 Å². The third-order valence-electron chi connectivity index (χ3n) is 27.9. The summed E-state index contributed by atoms with van der Waals surface area (Å²) in [7, 11) is 0. The quantitative estimate of drug-likeness (QED) is 0.0905. The van der Waals surface area contributed by atoms with Gasteiger partial charge in [0, 0.05) is 127 Å². The Bertz CT molecular complexity index is 10500. The number of thiophene rings is 3. The molecule has 0 aliphatic heterocycles. The lowest BCUT2D eigenvalue weighted by atomic mass is 9.94. The molecule has 692 valence electrons. The first-order valence-electron chi connectivity index (χ1n) is 53.9. The van der Waals surface area contributed by atoms with Gasteiger partial charge in [-0.15, -0.1) is 34.0 Å². The Hall–Kier alpha value is -18.5. The van der Waals surface area contributed by atoms with Gasteiger partial charge in [0.05, 0.1) is 30.8 Å². The van der Waals surface area contributed by atoms with Gasteiger partial charge in [0.1, 0.15) is 16.7 Å². The largest absolute Gasteiger partial charge is 0.453 e. The van der Waals surface area contributed by atoms with Crippen LogP contribution in [-0.2, 0) is 0 Å². The summed E-state index contributed by atoms with van der Waals surface area (Å²) in [5, 5.41) is 13.4. The Morgan fingerprint density at radius 1 is 0.150 bits per heavy atom. The normalized spacial score (nSPS) is 12.5. The lowest BCUT2D eigenvalue weighted by molar-refractivity contribution is 0.673. The SMILES string of the molecule is [2H]c1c([2H])c([2H])c(-c2ccc(N(c3ccc(-c4c([2H])c([2H])c([2H])c([2H])c4[2H])cc3)c3cccc4c3oc3c4ccc4sc5ccccc5c43)cc2)c([2H])c1[2H].c1ccc(-c2ccc(-c3ccc(N(c4ccc(-c5ccccc5)cc4)c4cccc5c4oc4c5ccc5sc6ccccc6c54)cc3)cc2)cc1.c1ccc(-c2ccc(N(c3ccc(-c4ccccc4-c4ccccc4)cc3)c3cccc4c3oc3c4ccc4sc5ccccc5c43)cc2)cc1. The number of fused-ring (bicyclic) bond motifs is 21. The standard InChI is InChI=1S/2C48H31NOS.C42H27NOS/c1-3-12-32(13-4-1)33-22-26-36(27-23-33)49(37-28-24-35(25-29-37)39-17-8-7-16-38(39)34-14-5-2-6-15-34)43-20-11-19-40-41-30-31-45-46(48(41)50-47(40)43)42-18-9-10-21-44(42)51-45;1-3-10-32(11-4-1)34-18-20-35(21-19-34)37-24-28-39(29-25-37)49(38-26-22-36(23-27-38)33-12-5-2-6-13-33)43-16-9-15-40-41-30-31-45-46(48(41)50-47(40)43)42-14-7-8-17-44(42)51-45;1-3-10-28(11-4-1)30-18-22-32(23-19-30)43(33-24-20-31(21-25-33)29-12-5-2-6-13-29)37-16-9-15-34-35-26-27-39-40(42(35)44-41(34)37)36-14-7-8-17-38(36)45-39/h2*1-31H;1-27H/i;;1D,2D,3D,4D,5D,6D,10D,11D,12D,13D. The predicted octanol–water partition coefficient (Wildman–Crippen LogP) is 41.6. The molecule has 29 rings (SSSR count). The van der Waals surface area contributed by atoms with E-state index in [9.17, 15) is 0 Å². The molecule has 0 bridgehead atoms. The molecule has 147 heavy (non-hydrogen) atoms. The van der Waals surface area contributed by atoms with Gasteiger partial charge in [-0.2, -0.15) is 0 Å². The van der Waals surface area contributed by atoms with Crippen LogP contribution in [0, 0.1) is 0 Å². The maximum atomic E-state index is 8.52. The number of nitrogens with zero attached hydrogens (tertiary/aromatic N) is 3. The summed E-state index contributed by atoms with van der Waals surface area (Å²) in [4.78, 5) is 6.63. The number of benzene rings is 23. The minimum absolute atomic E-state index is 0.0958. The highest BCUT2D eigenvalue weighted by atomic mass is 32.1. The van der Waals surface area contributed by atoms with Crippen molar-refractivity contribution in [2.75, 3.05) is 14.7 Å². The molecule has 23 aromatic carbocycles. The van der Waals surface area contributed by atoms with Crippen molar-refractivity contribution in [1.82, 2.24) is 0 Å². The Balaban J connectivity index is 0.000000114. The average molecular weight is 1940 g/mol.